The summed E-state index contributed by atoms with van der Waals surface area (Å²) >= 11 is 0. The van der Waals surface area contributed by atoms with Crippen LogP contribution in [0.3, 0.4) is 0 Å². The number of hydrogen-bond donors (Lipinski definition) is 13. The van der Waals surface area contributed by atoms with Gasteiger partial charge in [0.05, 0.1) is 13.6 Å². The molecule has 21 nitrogen and oxygen atoms in total. The summed E-state index contributed by atoms with van der Waals surface area (Å²) in [6.45, 7) is -2.80. The average molecular weight is 654 g/mol. The molecule has 218 valence electrons. The Morgan fingerprint density at radius 2 is 0.917 bits per heavy atom. The van der Waals surface area contributed by atoms with E-state index in [4.69, 9.17) is 0 Å². The minimum atomic E-state index is -6.02. The Hall–Kier alpha value is 0.780. The van der Waals surface area contributed by atoms with Gasteiger partial charge >= 0.3 is 45.6 Å². The van der Waals surface area contributed by atoms with Crippen molar-refractivity contribution in [3.8, 4) is 0 Å². The first-order valence-corrected chi connectivity index (χ1v) is 19.1. The van der Waals surface area contributed by atoms with Gasteiger partial charge in [0.1, 0.15) is 0 Å². The molecule has 13 N–H and O–H groups in total. The van der Waals surface area contributed by atoms with Gasteiger partial charge in [-0.1, -0.05) is 0 Å². The first kappa shape index (κ1) is 36.8. The van der Waals surface area contributed by atoms with Gasteiger partial charge in [0.25, 0.3) is 11.0 Å². The van der Waals surface area contributed by atoms with E-state index in [-0.39, 0.29) is 0 Å². The van der Waals surface area contributed by atoms with Crippen molar-refractivity contribution in [2.75, 3.05) is 40.3 Å². The number of nitrogens with zero attached hydrogens (tertiary/aromatic N) is 2. The van der Waals surface area contributed by atoms with Crippen LogP contribution in [-0.2, 0) is 27.4 Å². The summed E-state index contributed by atoms with van der Waals surface area (Å²) in [4.78, 5) is 114. The van der Waals surface area contributed by atoms with Crippen molar-refractivity contribution in [1.82, 2.24) is 10.2 Å². The van der Waals surface area contributed by atoms with Crippen LogP contribution in [0.2, 0.25) is 0 Å². The Kier molecular flexibility index (Phi) is 12.4. The average Bonchev–Trinajstić information content (AvgIpc) is 2.44. The molecule has 0 atom stereocenters. The van der Waals surface area contributed by atoms with Crippen LogP contribution in [0.25, 0.3) is 0 Å². The van der Waals surface area contributed by atoms with E-state index in [1.165, 1.54) is 0 Å². The third-order valence-corrected chi connectivity index (χ3v) is 16.6. The molecule has 0 saturated carbocycles. The molecular formula is C9H30N3O18P6+. The van der Waals surface area contributed by atoms with E-state index in [1.54, 1.807) is 0 Å². The predicted molar refractivity (Wildman–Crippen MR) is 120 cm³/mol. The van der Waals surface area contributed by atoms with Crippen LogP contribution in [0.5, 0.6) is 0 Å². The highest BCUT2D eigenvalue weighted by molar-refractivity contribution is 7.72. The first-order valence-electron chi connectivity index (χ1n) is 9.05. The van der Waals surface area contributed by atoms with E-state index < -0.39 is 92.8 Å². The summed E-state index contributed by atoms with van der Waals surface area (Å²) in [6, 6.07) is 0. The van der Waals surface area contributed by atoms with E-state index >= 15 is 0 Å². The van der Waals surface area contributed by atoms with Gasteiger partial charge in [-0.05, 0) is 7.05 Å². The van der Waals surface area contributed by atoms with Gasteiger partial charge in [0.15, 0.2) is 0 Å². The van der Waals surface area contributed by atoms with Gasteiger partial charge in [-0.2, -0.15) is 0 Å². The third-order valence-electron chi connectivity index (χ3n) is 4.67. The summed E-state index contributed by atoms with van der Waals surface area (Å²) in [5.74, 6) is 0. The monoisotopic (exact) mass is 654 g/mol. The largest absolute Gasteiger partial charge is 0.395 e. The molecule has 0 heterocycles. The summed E-state index contributed by atoms with van der Waals surface area (Å²) in [6.07, 6.45) is 0. The van der Waals surface area contributed by atoms with Crippen molar-refractivity contribution < 1.29 is 90.6 Å². The molecule has 0 radical (unpaired) electrons. The number of hydrogen-bond acceptors (Lipinski definition) is 8. The lowest BCUT2D eigenvalue weighted by atomic mass is 10.4. The lowest BCUT2D eigenvalue weighted by molar-refractivity contribution is -0.910. The zero-order valence-electron chi connectivity index (χ0n) is 18.5. The van der Waals surface area contributed by atoms with Gasteiger partial charge in [0.2, 0.25) is 5.52 Å². The molecule has 0 aromatic rings. The Labute approximate surface area is 203 Å². The highest BCUT2D eigenvalue weighted by Gasteiger charge is 2.67. The molecule has 27 heteroatoms. The molecule has 0 aliphatic heterocycles. The fourth-order valence-corrected chi connectivity index (χ4v) is 13.8. The quantitative estimate of drug-likeness (QED) is 0.0471. The lowest BCUT2D eigenvalue weighted by Gasteiger charge is -2.45. The van der Waals surface area contributed by atoms with E-state index in [9.17, 15) is 86.1 Å². The van der Waals surface area contributed by atoms with Gasteiger partial charge in [-0.15, -0.1) is 0 Å². The fraction of sp³-hybridized carbons (Fsp3) is 1.00. The predicted octanol–water partition coefficient (Wildman–Crippen LogP) is -3.13. The Morgan fingerprint density at radius 1 is 0.611 bits per heavy atom. The standard InChI is InChI=1S/C9H29N3O18P6/c1-11(7(31(13,14)15)32(16,17)18)5-3-10-4-6-12(2,8(33(19,20)21)34(22,23)24)9(35(25,26)27)36(28,29)30/h7-10H,3-6H2,1-2H3,(H11-,13,14,15,16,17,18,19,20,21,22,23,24,25,26,27,28,29,30)/p+1. The number of rotatable bonds is 15. The van der Waals surface area contributed by atoms with Crippen LogP contribution >= 0.6 is 45.6 Å². The van der Waals surface area contributed by atoms with E-state index in [0.717, 1.165) is 7.05 Å². The molecular weight excluding hydrogens is 624 g/mol. The van der Waals surface area contributed by atoms with Crippen molar-refractivity contribution in [2.24, 2.45) is 0 Å². The minimum Gasteiger partial charge on any atom is -0.323 e. The summed E-state index contributed by atoms with van der Waals surface area (Å²) in [5.41, 5.74) is -9.20. The molecule has 0 aliphatic rings. The Morgan fingerprint density at radius 3 is 1.17 bits per heavy atom. The second-order valence-electron chi connectivity index (χ2n) is 7.87. The maximum Gasteiger partial charge on any atom is 0.395 e. The maximum absolute atomic E-state index is 11.9. The number of quaternary nitrogens is 1. The van der Waals surface area contributed by atoms with Crippen LogP contribution in [0.1, 0.15) is 0 Å². The van der Waals surface area contributed by atoms with E-state index in [2.05, 4.69) is 5.32 Å². The third kappa shape index (κ3) is 10.4. The smallest absolute Gasteiger partial charge is 0.323 e. The topological polar surface area (TPSA) is 360 Å². The van der Waals surface area contributed by atoms with Crippen molar-refractivity contribution in [2.45, 2.75) is 16.6 Å². The minimum absolute atomic E-state index is 0.400. The summed E-state index contributed by atoms with van der Waals surface area (Å²) < 4.78 is 68.3. The van der Waals surface area contributed by atoms with Crippen molar-refractivity contribution in [3.63, 3.8) is 0 Å². The van der Waals surface area contributed by atoms with Crippen LogP contribution in [-0.4, -0.2) is 125 Å². The van der Waals surface area contributed by atoms with Crippen LogP contribution < -0.4 is 5.32 Å². The normalized spacial score (nSPS) is 15.5. The second kappa shape index (κ2) is 12.1. The first-order chi connectivity index (χ1) is 15.5. The highest BCUT2D eigenvalue weighted by Crippen LogP contribution is 2.71. The molecule has 0 aromatic heterocycles. The molecule has 0 aliphatic carbocycles. The zero-order valence-corrected chi connectivity index (χ0v) is 23.8. The molecule has 0 unspecified atom stereocenters. The van der Waals surface area contributed by atoms with Gasteiger partial charge in [-0.3, -0.25) is 36.8 Å². The van der Waals surface area contributed by atoms with E-state index in [0.29, 0.717) is 11.9 Å². The van der Waals surface area contributed by atoms with Crippen molar-refractivity contribution >= 4 is 45.6 Å². The molecule has 36 heavy (non-hydrogen) atoms. The molecule has 0 bridgehead atoms. The Balaban J connectivity index is 6.11. The molecule has 0 saturated heterocycles. The highest BCUT2D eigenvalue weighted by atomic mass is 31.2. The van der Waals surface area contributed by atoms with E-state index in [1.807, 2.05) is 0 Å². The van der Waals surface area contributed by atoms with Crippen molar-refractivity contribution in [1.29, 1.82) is 0 Å². The fourth-order valence-electron chi connectivity index (χ4n) is 3.64. The molecule has 0 spiro atoms. The SMILES string of the molecule is CN(CCNCC[N+](C)(C(P(=O)(O)O)P(=O)(O)O)C(P(=O)(O)O)P(=O)(O)O)C(P(=O)(O)O)P(=O)(O)O. The maximum atomic E-state index is 11.9. The van der Waals surface area contributed by atoms with Crippen LogP contribution in [0.4, 0.5) is 0 Å². The Bertz CT molecular complexity index is 933. The number of likely N-dealkylation sites (N-methyl/N-ethyl adjacent to an activating group) is 2. The summed E-state index contributed by atoms with van der Waals surface area (Å²) in [5, 5.41) is 2.37. The molecule has 0 aromatic carbocycles. The molecule has 0 amide bonds. The second-order valence-corrected chi connectivity index (χ2v) is 19.1. The van der Waals surface area contributed by atoms with Gasteiger partial charge < -0.3 is 64.0 Å². The summed E-state index contributed by atoms with van der Waals surface area (Å²) in [7, 11) is -33.5. The van der Waals surface area contributed by atoms with Gasteiger partial charge in [-0.25, -0.2) is 0 Å². The number of nitrogens with one attached hydrogen (secondary N) is 1. The van der Waals surface area contributed by atoms with Gasteiger partial charge in [0, 0.05) is 19.6 Å². The van der Waals surface area contributed by atoms with Crippen LogP contribution in [0, 0.1) is 0 Å². The lowest BCUT2D eigenvalue weighted by Crippen LogP contribution is -2.60. The molecule has 0 rings (SSSR count). The van der Waals surface area contributed by atoms with Crippen LogP contribution in [0.15, 0.2) is 0 Å². The molecule has 0 fully saturated rings. The van der Waals surface area contributed by atoms with Crippen molar-refractivity contribution in [3.05, 3.63) is 0 Å². The zero-order chi connectivity index (χ0) is 29.3.